The number of hydrogen-bond donors (Lipinski definition) is 1. The molecular formula is C25H31Cl2N3O4S. The van der Waals surface area contributed by atoms with Gasteiger partial charge in [-0.3, -0.25) is 13.9 Å². The van der Waals surface area contributed by atoms with Gasteiger partial charge in [0.05, 0.1) is 17.0 Å². The van der Waals surface area contributed by atoms with Crippen LogP contribution in [0.5, 0.6) is 0 Å². The summed E-state index contributed by atoms with van der Waals surface area (Å²) in [7, 11) is -3.89. The molecule has 7 nitrogen and oxygen atoms in total. The predicted molar refractivity (Wildman–Crippen MR) is 140 cm³/mol. The molecule has 3 rings (SSSR count). The highest BCUT2D eigenvalue weighted by atomic mass is 35.5. The number of rotatable bonds is 9. The van der Waals surface area contributed by atoms with Gasteiger partial charge in [-0.1, -0.05) is 60.3 Å². The van der Waals surface area contributed by atoms with E-state index in [4.69, 9.17) is 23.2 Å². The van der Waals surface area contributed by atoms with E-state index in [1.54, 1.807) is 6.92 Å². The van der Waals surface area contributed by atoms with Gasteiger partial charge in [0.15, 0.2) is 0 Å². The third kappa shape index (κ3) is 7.12. The van der Waals surface area contributed by atoms with E-state index in [1.165, 1.54) is 23.1 Å². The Labute approximate surface area is 217 Å². The van der Waals surface area contributed by atoms with Gasteiger partial charge in [-0.2, -0.15) is 0 Å². The van der Waals surface area contributed by atoms with Crippen molar-refractivity contribution >= 4 is 50.7 Å². The van der Waals surface area contributed by atoms with Crippen molar-refractivity contribution in [1.82, 2.24) is 10.2 Å². The Hall–Kier alpha value is -2.29. The van der Waals surface area contributed by atoms with E-state index < -0.39 is 28.5 Å². The molecule has 1 aliphatic carbocycles. The Morgan fingerprint density at radius 1 is 1.11 bits per heavy atom. The lowest BCUT2D eigenvalue weighted by Gasteiger charge is -2.32. The minimum absolute atomic E-state index is 0.0955. The fourth-order valence-corrected chi connectivity index (χ4v) is 5.51. The van der Waals surface area contributed by atoms with E-state index in [2.05, 4.69) is 5.32 Å². The van der Waals surface area contributed by atoms with Gasteiger partial charge >= 0.3 is 0 Å². The van der Waals surface area contributed by atoms with Gasteiger partial charge in [0.1, 0.15) is 12.6 Å². The SMILES string of the molecule is Cc1ccccc1CN(C(=O)CN(c1cc(Cl)ccc1Cl)S(C)(=O)=O)[C@H](C)C(=O)NC1CCCC1. The third-order valence-corrected chi connectivity index (χ3v) is 8.01. The first-order chi connectivity index (χ1) is 16.5. The number of nitrogens with zero attached hydrogens (tertiary/aromatic N) is 2. The molecule has 0 aromatic heterocycles. The molecule has 2 amide bonds. The summed E-state index contributed by atoms with van der Waals surface area (Å²) in [6, 6.07) is 11.3. The average molecular weight is 541 g/mol. The molecule has 35 heavy (non-hydrogen) atoms. The van der Waals surface area contributed by atoms with Crippen LogP contribution in [-0.4, -0.2) is 50.0 Å². The second-order valence-corrected chi connectivity index (χ2v) is 11.7. The Balaban J connectivity index is 1.92. The van der Waals surface area contributed by atoms with Crippen LogP contribution in [0.4, 0.5) is 5.69 Å². The lowest BCUT2D eigenvalue weighted by molar-refractivity contribution is -0.139. The zero-order chi connectivity index (χ0) is 25.8. The molecule has 0 aliphatic heterocycles. The average Bonchev–Trinajstić information content (AvgIpc) is 3.30. The highest BCUT2D eigenvalue weighted by Crippen LogP contribution is 2.31. The van der Waals surface area contributed by atoms with E-state index in [0.29, 0.717) is 0 Å². The Morgan fingerprint density at radius 2 is 1.77 bits per heavy atom. The van der Waals surface area contributed by atoms with Crippen LogP contribution in [0.2, 0.25) is 10.0 Å². The van der Waals surface area contributed by atoms with Crippen LogP contribution in [0.25, 0.3) is 0 Å². The van der Waals surface area contributed by atoms with Crippen LogP contribution in [0.1, 0.15) is 43.7 Å². The van der Waals surface area contributed by atoms with Crippen molar-refractivity contribution in [3.8, 4) is 0 Å². The lowest BCUT2D eigenvalue weighted by Crippen LogP contribution is -2.52. The fourth-order valence-electron chi connectivity index (χ4n) is 4.22. The molecule has 1 saturated carbocycles. The highest BCUT2D eigenvalue weighted by molar-refractivity contribution is 7.92. The number of anilines is 1. The van der Waals surface area contributed by atoms with E-state index in [-0.39, 0.29) is 34.2 Å². The first-order valence-electron chi connectivity index (χ1n) is 11.5. The molecule has 2 aromatic carbocycles. The summed E-state index contributed by atoms with van der Waals surface area (Å²) in [6.45, 7) is 3.23. The number of aryl methyl sites for hydroxylation is 1. The van der Waals surface area contributed by atoms with Crippen molar-refractivity contribution in [2.45, 2.75) is 58.2 Å². The third-order valence-electron chi connectivity index (χ3n) is 6.33. The first-order valence-corrected chi connectivity index (χ1v) is 14.1. The molecule has 1 aliphatic rings. The van der Waals surface area contributed by atoms with Crippen LogP contribution in [0, 0.1) is 6.92 Å². The Bertz CT molecular complexity index is 1180. The van der Waals surface area contributed by atoms with Gasteiger partial charge in [0, 0.05) is 17.6 Å². The number of amides is 2. The molecule has 1 atom stereocenters. The molecule has 0 saturated heterocycles. The molecule has 2 aromatic rings. The minimum Gasteiger partial charge on any atom is -0.352 e. The molecule has 0 spiro atoms. The maximum Gasteiger partial charge on any atom is 0.244 e. The zero-order valence-corrected chi connectivity index (χ0v) is 22.5. The van der Waals surface area contributed by atoms with Crippen LogP contribution < -0.4 is 9.62 Å². The number of sulfonamides is 1. The molecule has 10 heteroatoms. The predicted octanol–water partition coefficient (Wildman–Crippen LogP) is 4.54. The van der Waals surface area contributed by atoms with Crippen molar-refractivity contribution < 1.29 is 18.0 Å². The standard InChI is InChI=1S/C25H31Cl2N3O4S/c1-17-8-4-5-9-19(17)15-29(18(2)25(32)28-21-10-6-7-11-21)24(31)16-30(35(3,33)34)23-14-20(26)12-13-22(23)27/h4-5,8-9,12-14,18,21H,6-7,10-11,15-16H2,1-3H3,(H,28,32)/t18-/m1/s1. The number of carbonyl (C=O) groups excluding carboxylic acids is 2. The second-order valence-electron chi connectivity index (χ2n) is 8.98. The minimum atomic E-state index is -3.89. The quantitative estimate of drug-likeness (QED) is 0.506. The van der Waals surface area contributed by atoms with Gasteiger partial charge in [-0.05, 0) is 56.0 Å². The highest BCUT2D eigenvalue weighted by Gasteiger charge is 2.32. The van der Waals surface area contributed by atoms with Crippen LogP contribution >= 0.6 is 23.2 Å². The Morgan fingerprint density at radius 3 is 2.40 bits per heavy atom. The number of hydrogen-bond acceptors (Lipinski definition) is 4. The van der Waals surface area contributed by atoms with Crippen LogP contribution in [0.3, 0.4) is 0 Å². The molecule has 0 heterocycles. The maximum atomic E-state index is 13.6. The fraction of sp³-hybridized carbons (Fsp3) is 0.440. The van der Waals surface area contributed by atoms with Crippen molar-refractivity contribution in [3.05, 3.63) is 63.6 Å². The maximum absolute atomic E-state index is 13.6. The molecule has 190 valence electrons. The van der Waals surface area contributed by atoms with Crippen molar-refractivity contribution in [3.63, 3.8) is 0 Å². The Kier molecular flexibility index (Phi) is 9.07. The molecule has 0 unspecified atom stereocenters. The van der Waals surface area contributed by atoms with Crippen molar-refractivity contribution in [2.24, 2.45) is 0 Å². The molecule has 0 bridgehead atoms. The monoisotopic (exact) mass is 539 g/mol. The van der Waals surface area contributed by atoms with Crippen LogP contribution in [-0.2, 0) is 26.2 Å². The lowest BCUT2D eigenvalue weighted by atomic mass is 10.1. The zero-order valence-electron chi connectivity index (χ0n) is 20.1. The number of halogens is 2. The van der Waals surface area contributed by atoms with E-state index in [9.17, 15) is 18.0 Å². The van der Waals surface area contributed by atoms with Gasteiger partial charge < -0.3 is 10.2 Å². The van der Waals surface area contributed by atoms with E-state index >= 15 is 0 Å². The van der Waals surface area contributed by atoms with Crippen LogP contribution in [0.15, 0.2) is 42.5 Å². The number of benzene rings is 2. The van der Waals surface area contributed by atoms with Gasteiger partial charge in [-0.25, -0.2) is 8.42 Å². The molecule has 0 radical (unpaired) electrons. The number of carbonyl (C=O) groups is 2. The van der Waals surface area contributed by atoms with Crippen molar-refractivity contribution in [1.29, 1.82) is 0 Å². The molecule has 1 N–H and O–H groups in total. The van der Waals surface area contributed by atoms with Crippen molar-refractivity contribution in [2.75, 3.05) is 17.1 Å². The first kappa shape index (κ1) is 27.3. The smallest absolute Gasteiger partial charge is 0.244 e. The van der Waals surface area contributed by atoms with Gasteiger partial charge in [0.2, 0.25) is 21.8 Å². The molecular weight excluding hydrogens is 509 g/mol. The second kappa shape index (κ2) is 11.6. The summed E-state index contributed by atoms with van der Waals surface area (Å²) >= 11 is 12.3. The topological polar surface area (TPSA) is 86.8 Å². The van der Waals surface area contributed by atoms with Gasteiger partial charge in [-0.15, -0.1) is 0 Å². The summed E-state index contributed by atoms with van der Waals surface area (Å²) < 4.78 is 26.3. The normalized spacial score (nSPS) is 15.0. The summed E-state index contributed by atoms with van der Waals surface area (Å²) in [5, 5.41) is 3.47. The largest absolute Gasteiger partial charge is 0.352 e. The summed E-state index contributed by atoms with van der Waals surface area (Å²) in [4.78, 5) is 28.1. The number of nitrogens with one attached hydrogen (secondary N) is 1. The summed E-state index contributed by atoms with van der Waals surface area (Å²) in [5.74, 6) is -0.783. The molecule has 1 fully saturated rings. The van der Waals surface area contributed by atoms with E-state index in [0.717, 1.165) is 47.4 Å². The van der Waals surface area contributed by atoms with Gasteiger partial charge in [0.25, 0.3) is 0 Å². The van der Waals surface area contributed by atoms with E-state index in [1.807, 2.05) is 31.2 Å². The summed E-state index contributed by atoms with van der Waals surface area (Å²) in [5.41, 5.74) is 1.94. The summed E-state index contributed by atoms with van der Waals surface area (Å²) in [6.07, 6.45) is 4.96.